The Morgan fingerprint density at radius 2 is 1.90 bits per heavy atom. The van der Waals surface area contributed by atoms with E-state index in [9.17, 15) is 4.79 Å². The van der Waals surface area contributed by atoms with Crippen LogP contribution in [0.25, 0.3) is 0 Å². The SMILES string of the molecule is O=C(Nc1cccc(CCCC(c2cccs2)N2CCOCC2)c1)c1ccc(Cl)cc1. The number of halogens is 1. The molecule has 1 unspecified atom stereocenters. The van der Waals surface area contributed by atoms with Gasteiger partial charge in [0.05, 0.1) is 13.2 Å². The summed E-state index contributed by atoms with van der Waals surface area (Å²) in [5.41, 5.74) is 2.65. The van der Waals surface area contributed by atoms with Gasteiger partial charge in [0.1, 0.15) is 0 Å². The maximum absolute atomic E-state index is 12.5. The van der Waals surface area contributed by atoms with E-state index in [2.05, 4.69) is 39.9 Å². The Labute approximate surface area is 192 Å². The van der Waals surface area contributed by atoms with Crippen molar-refractivity contribution in [2.45, 2.75) is 25.3 Å². The summed E-state index contributed by atoms with van der Waals surface area (Å²) in [6, 6.07) is 19.9. The second-order valence-electron chi connectivity index (χ2n) is 7.73. The molecule has 0 radical (unpaired) electrons. The fourth-order valence-corrected chi connectivity index (χ4v) is 5.00. The fraction of sp³-hybridized carbons (Fsp3) is 0.320. The molecule has 1 aliphatic rings. The van der Waals surface area contributed by atoms with Gasteiger partial charge in [-0.3, -0.25) is 9.69 Å². The monoisotopic (exact) mass is 454 g/mol. The number of benzene rings is 2. The lowest BCUT2D eigenvalue weighted by molar-refractivity contribution is 0.0146. The van der Waals surface area contributed by atoms with Gasteiger partial charge in [0.2, 0.25) is 0 Å². The first-order valence-electron chi connectivity index (χ1n) is 10.7. The van der Waals surface area contributed by atoms with Crippen molar-refractivity contribution in [1.82, 2.24) is 4.90 Å². The lowest BCUT2D eigenvalue weighted by Crippen LogP contribution is -2.38. The zero-order chi connectivity index (χ0) is 21.5. The highest BCUT2D eigenvalue weighted by molar-refractivity contribution is 7.10. The number of hydrogen-bond acceptors (Lipinski definition) is 4. The van der Waals surface area contributed by atoms with Gasteiger partial charge in [0, 0.05) is 40.3 Å². The Morgan fingerprint density at radius 3 is 2.65 bits per heavy atom. The average Bonchev–Trinajstić information content (AvgIpc) is 3.32. The van der Waals surface area contributed by atoms with E-state index < -0.39 is 0 Å². The number of ether oxygens (including phenoxy) is 1. The molecule has 0 saturated carbocycles. The van der Waals surface area contributed by atoms with E-state index in [0.717, 1.165) is 51.3 Å². The molecule has 4 rings (SSSR count). The first-order valence-corrected chi connectivity index (χ1v) is 12.0. The van der Waals surface area contributed by atoms with Gasteiger partial charge < -0.3 is 10.1 Å². The number of rotatable bonds is 8. The number of amides is 1. The summed E-state index contributed by atoms with van der Waals surface area (Å²) in [5, 5.41) is 5.77. The summed E-state index contributed by atoms with van der Waals surface area (Å²) in [7, 11) is 0. The van der Waals surface area contributed by atoms with Gasteiger partial charge in [-0.15, -0.1) is 11.3 Å². The van der Waals surface area contributed by atoms with Crippen molar-refractivity contribution in [1.29, 1.82) is 0 Å². The summed E-state index contributed by atoms with van der Waals surface area (Å²) in [6.07, 6.45) is 3.19. The quantitative estimate of drug-likeness (QED) is 0.450. The van der Waals surface area contributed by atoms with Crippen LogP contribution in [-0.4, -0.2) is 37.1 Å². The maximum Gasteiger partial charge on any atom is 0.255 e. The zero-order valence-electron chi connectivity index (χ0n) is 17.4. The van der Waals surface area contributed by atoms with Crippen LogP contribution in [0.5, 0.6) is 0 Å². The van der Waals surface area contributed by atoms with E-state index >= 15 is 0 Å². The summed E-state index contributed by atoms with van der Waals surface area (Å²) < 4.78 is 5.54. The molecule has 0 bridgehead atoms. The van der Waals surface area contributed by atoms with Crippen molar-refractivity contribution in [2.75, 3.05) is 31.6 Å². The number of carbonyl (C=O) groups is 1. The highest BCUT2D eigenvalue weighted by Gasteiger charge is 2.23. The van der Waals surface area contributed by atoms with Crippen molar-refractivity contribution in [3.63, 3.8) is 0 Å². The molecule has 0 aliphatic carbocycles. The molecule has 1 N–H and O–H groups in total. The minimum absolute atomic E-state index is 0.126. The molecule has 4 nitrogen and oxygen atoms in total. The van der Waals surface area contributed by atoms with Crippen LogP contribution >= 0.6 is 22.9 Å². The lowest BCUT2D eigenvalue weighted by Gasteiger charge is -2.34. The van der Waals surface area contributed by atoms with Gasteiger partial charge in [-0.2, -0.15) is 0 Å². The molecule has 1 aromatic heterocycles. The number of aryl methyl sites for hydroxylation is 1. The summed E-state index contributed by atoms with van der Waals surface area (Å²) in [4.78, 5) is 16.5. The standard InChI is InChI=1S/C25H27ClN2O2S/c26-21-11-9-20(10-12-21)25(29)27-22-6-1-4-19(18-22)5-2-7-23(24-8-3-17-31-24)28-13-15-30-16-14-28/h1,3-4,6,8-12,17-18,23H,2,5,7,13-16H2,(H,27,29). The van der Waals surface area contributed by atoms with Crippen LogP contribution < -0.4 is 5.32 Å². The van der Waals surface area contributed by atoms with Gasteiger partial charge in [-0.1, -0.05) is 29.8 Å². The number of carbonyl (C=O) groups excluding carboxylic acids is 1. The molecule has 0 spiro atoms. The van der Waals surface area contributed by atoms with Gasteiger partial charge in [-0.05, 0) is 72.7 Å². The lowest BCUT2D eigenvalue weighted by atomic mass is 10.0. The molecule has 2 heterocycles. The molecule has 2 aromatic carbocycles. The van der Waals surface area contributed by atoms with Gasteiger partial charge >= 0.3 is 0 Å². The second kappa shape index (κ2) is 10.9. The van der Waals surface area contributed by atoms with E-state index in [-0.39, 0.29) is 5.91 Å². The molecule has 1 atom stereocenters. The Morgan fingerprint density at radius 1 is 1.10 bits per heavy atom. The van der Waals surface area contributed by atoms with E-state index in [0.29, 0.717) is 16.6 Å². The third-order valence-electron chi connectivity index (χ3n) is 5.59. The molecule has 1 fully saturated rings. The minimum atomic E-state index is -0.126. The first kappa shape index (κ1) is 22.0. The highest BCUT2D eigenvalue weighted by Crippen LogP contribution is 2.30. The fourth-order valence-electron chi connectivity index (χ4n) is 3.98. The van der Waals surface area contributed by atoms with Crippen molar-refractivity contribution in [3.8, 4) is 0 Å². The topological polar surface area (TPSA) is 41.6 Å². The zero-order valence-corrected chi connectivity index (χ0v) is 19.0. The second-order valence-corrected chi connectivity index (χ2v) is 9.15. The van der Waals surface area contributed by atoms with Crippen LogP contribution in [0.2, 0.25) is 5.02 Å². The average molecular weight is 455 g/mol. The molecule has 3 aromatic rings. The number of nitrogens with one attached hydrogen (secondary N) is 1. The Balaban J connectivity index is 1.35. The summed E-state index contributed by atoms with van der Waals surface area (Å²) >= 11 is 7.75. The molecule has 1 saturated heterocycles. The summed E-state index contributed by atoms with van der Waals surface area (Å²) in [6.45, 7) is 3.62. The van der Waals surface area contributed by atoms with Crippen LogP contribution in [-0.2, 0) is 11.2 Å². The number of nitrogens with zero attached hydrogens (tertiary/aromatic N) is 1. The number of hydrogen-bond donors (Lipinski definition) is 1. The Bertz CT molecular complexity index is 969. The van der Waals surface area contributed by atoms with Crippen LogP contribution in [0.1, 0.15) is 39.7 Å². The van der Waals surface area contributed by atoms with Crippen molar-refractivity contribution in [2.24, 2.45) is 0 Å². The Kier molecular flexibility index (Phi) is 7.76. The van der Waals surface area contributed by atoms with E-state index in [1.165, 1.54) is 10.4 Å². The first-order chi connectivity index (χ1) is 15.2. The van der Waals surface area contributed by atoms with E-state index in [4.69, 9.17) is 16.3 Å². The van der Waals surface area contributed by atoms with E-state index in [1.54, 1.807) is 24.3 Å². The number of morpholine rings is 1. The molecule has 1 amide bonds. The predicted octanol–water partition coefficient (Wildman–Crippen LogP) is 6.05. The largest absolute Gasteiger partial charge is 0.379 e. The highest BCUT2D eigenvalue weighted by atomic mass is 35.5. The van der Waals surface area contributed by atoms with Crippen molar-refractivity contribution >= 4 is 34.5 Å². The van der Waals surface area contributed by atoms with Gasteiger partial charge in [-0.25, -0.2) is 0 Å². The maximum atomic E-state index is 12.5. The van der Waals surface area contributed by atoms with Gasteiger partial charge in [0.15, 0.2) is 0 Å². The minimum Gasteiger partial charge on any atom is -0.379 e. The third-order valence-corrected chi connectivity index (χ3v) is 6.82. The Hall–Kier alpha value is -2.18. The van der Waals surface area contributed by atoms with E-state index in [1.807, 2.05) is 23.5 Å². The molecule has 31 heavy (non-hydrogen) atoms. The van der Waals surface area contributed by atoms with Crippen LogP contribution in [0.4, 0.5) is 5.69 Å². The number of anilines is 1. The predicted molar refractivity (Wildman–Crippen MR) is 128 cm³/mol. The van der Waals surface area contributed by atoms with Crippen LogP contribution in [0.15, 0.2) is 66.0 Å². The van der Waals surface area contributed by atoms with Gasteiger partial charge in [0.25, 0.3) is 5.91 Å². The molecule has 1 aliphatic heterocycles. The molecule has 6 heteroatoms. The number of thiophene rings is 1. The molecular formula is C25H27ClN2O2S. The van der Waals surface area contributed by atoms with Crippen LogP contribution in [0, 0.1) is 0 Å². The van der Waals surface area contributed by atoms with Crippen molar-refractivity contribution in [3.05, 3.63) is 87.1 Å². The third kappa shape index (κ3) is 6.17. The summed E-state index contributed by atoms with van der Waals surface area (Å²) in [5.74, 6) is -0.126. The van der Waals surface area contributed by atoms with Crippen molar-refractivity contribution < 1.29 is 9.53 Å². The van der Waals surface area contributed by atoms with Crippen LogP contribution in [0.3, 0.4) is 0 Å². The molecule has 162 valence electrons. The normalized spacial score (nSPS) is 15.5. The smallest absolute Gasteiger partial charge is 0.255 e. The molecular weight excluding hydrogens is 428 g/mol.